The highest BCUT2D eigenvalue weighted by Crippen LogP contribution is 2.40. The highest BCUT2D eigenvalue weighted by atomic mass is 16.2. The van der Waals surface area contributed by atoms with Gasteiger partial charge in [0.2, 0.25) is 5.96 Å². The van der Waals surface area contributed by atoms with Crippen LogP contribution in [0.15, 0.2) is 59.7 Å². The van der Waals surface area contributed by atoms with Crippen LogP contribution in [0.1, 0.15) is 16.7 Å². The van der Waals surface area contributed by atoms with Gasteiger partial charge in [-0.15, -0.1) is 0 Å². The van der Waals surface area contributed by atoms with Crippen LogP contribution in [0.5, 0.6) is 0 Å². The van der Waals surface area contributed by atoms with Crippen molar-refractivity contribution in [3.63, 3.8) is 0 Å². The molecule has 0 saturated carbocycles. The molecule has 5 rings (SSSR count). The molecule has 1 saturated heterocycles. The normalized spacial score (nSPS) is 22.9. The van der Waals surface area contributed by atoms with Crippen molar-refractivity contribution in [2.45, 2.75) is 26.1 Å². The number of hydrogen-bond donors (Lipinski definition) is 0. The van der Waals surface area contributed by atoms with E-state index < -0.39 is 12.2 Å². The van der Waals surface area contributed by atoms with E-state index >= 15 is 0 Å². The lowest BCUT2D eigenvalue weighted by molar-refractivity contribution is -0.135. The van der Waals surface area contributed by atoms with Gasteiger partial charge < -0.3 is 4.90 Å². The lowest BCUT2D eigenvalue weighted by Crippen LogP contribution is -2.63. The van der Waals surface area contributed by atoms with Crippen LogP contribution in [0.3, 0.4) is 0 Å². The number of carbonyl (C=O) groups is 2. The van der Waals surface area contributed by atoms with Crippen LogP contribution in [0, 0.1) is 13.8 Å². The first kappa shape index (κ1) is 18.4. The van der Waals surface area contributed by atoms with Gasteiger partial charge in [0.15, 0.2) is 12.2 Å². The van der Waals surface area contributed by atoms with E-state index in [0.717, 1.165) is 22.5 Å². The molecule has 0 aliphatic carbocycles. The lowest BCUT2D eigenvalue weighted by atomic mass is 10.1. The maximum absolute atomic E-state index is 13.0. The molecular formula is C23H23N5O2. The third-order valence-corrected chi connectivity index (χ3v) is 5.99. The molecule has 3 aliphatic heterocycles. The Balaban J connectivity index is 1.67. The molecule has 0 bridgehead atoms. The minimum absolute atomic E-state index is 0.243. The predicted molar refractivity (Wildman–Crippen MR) is 116 cm³/mol. The maximum atomic E-state index is 13.0. The molecule has 152 valence electrons. The first-order chi connectivity index (χ1) is 14.4. The molecule has 3 heterocycles. The molecule has 7 heteroatoms. The number of anilines is 1. The molecule has 7 nitrogen and oxygen atoms in total. The highest BCUT2D eigenvalue weighted by molar-refractivity contribution is 6.16. The van der Waals surface area contributed by atoms with E-state index in [0.29, 0.717) is 5.96 Å². The fourth-order valence-electron chi connectivity index (χ4n) is 4.43. The summed E-state index contributed by atoms with van der Waals surface area (Å²) in [5, 5.41) is 0. The number of aliphatic imine (C=N–C) groups is 1. The standard InChI is InChI=1S/C23H23N5O2/c1-14-10-11-17(15(2)12-14)28-18(16-8-6-5-7-9-16)13-27-19-20(24-22(27)28)25(3)23(30)26(4)21(19)29/h5-13,19-20H,1-4H3. The molecule has 2 atom stereocenters. The molecule has 0 spiro atoms. The van der Waals surface area contributed by atoms with Gasteiger partial charge in [-0.3, -0.25) is 19.5 Å². The summed E-state index contributed by atoms with van der Waals surface area (Å²) in [5.41, 5.74) is 5.29. The smallest absolute Gasteiger partial charge is 0.302 e. The summed E-state index contributed by atoms with van der Waals surface area (Å²) in [5.74, 6) is 0.423. The van der Waals surface area contributed by atoms with Crippen LogP contribution in [0.2, 0.25) is 0 Å². The first-order valence-electron chi connectivity index (χ1n) is 9.93. The Labute approximate surface area is 175 Å². The number of aryl methyl sites for hydroxylation is 2. The number of guanidine groups is 1. The van der Waals surface area contributed by atoms with Crippen molar-refractivity contribution < 1.29 is 9.59 Å². The molecule has 0 radical (unpaired) electrons. The lowest BCUT2D eigenvalue weighted by Gasteiger charge is -2.38. The number of likely N-dealkylation sites (N-methyl/N-ethyl adjacent to an activating group) is 2. The van der Waals surface area contributed by atoms with Gasteiger partial charge in [0, 0.05) is 25.9 Å². The zero-order valence-electron chi connectivity index (χ0n) is 17.4. The zero-order valence-corrected chi connectivity index (χ0v) is 17.4. The molecule has 1 fully saturated rings. The molecule has 0 aromatic heterocycles. The monoisotopic (exact) mass is 401 g/mol. The van der Waals surface area contributed by atoms with E-state index in [1.165, 1.54) is 22.4 Å². The molecule has 2 aromatic rings. The van der Waals surface area contributed by atoms with Gasteiger partial charge in [-0.25, -0.2) is 9.79 Å². The fourth-order valence-corrected chi connectivity index (χ4v) is 4.43. The van der Waals surface area contributed by atoms with E-state index in [2.05, 4.69) is 36.9 Å². The molecule has 3 amide bonds. The number of carbonyl (C=O) groups excluding carboxylic acids is 2. The quantitative estimate of drug-likeness (QED) is 0.776. The number of nitrogens with zero attached hydrogens (tertiary/aromatic N) is 5. The van der Waals surface area contributed by atoms with E-state index in [-0.39, 0.29) is 11.9 Å². The summed E-state index contributed by atoms with van der Waals surface area (Å²) in [6, 6.07) is 15.5. The Morgan fingerprint density at radius 3 is 2.40 bits per heavy atom. The third kappa shape index (κ3) is 2.48. The maximum Gasteiger partial charge on any atom is 0.328 e. The Kier molecular flexibility index (Phi) is 3.96. The minimum atomic E-state index is -0.567. The minimum Gasteiger partial charge on any atom is -0.302 e. The largest absolute Gasteiger partial charge is 0.328 e. The Morgan fingerprint density at radius 2 is 1.70 bits per heavy atom. The third-order valence-electron chi connectivity index (χ3n) is 5.99. The number of amides is 3. The predicted octanol–water partition coefficient (Wildman–Crippen LogP) is 3.01. The average Bonchev–Trinajstić information content (AvgIpc) is 3.28. The molecule has 30 heavy (non-hydrogen) atoms. The van der Waals surface area contributed by atoms with Crippen molar-refractivity contribution in [1.82, 2.24) is 14.7 Å². The van der Waals surface area contributed by atoms with Crippen molar-refractivity contribution in [2.24, 2.45) is 4.99 Å². The van der Waals surface area contributed by atoms with Crippen molar-refractivity contribution in [1.29, 1.82) is 0 Å². The molecule has 3 aliphatic rings. The Hall–Kier alpha value is -3.61. The van der Waals surface area contributed by atoms with Gasteiger partial charge in [0.25, 0.3) is 5.91 Å². The number of rotatable bonds is 2. The second-order valence-electron chi connectivity index (χ2n) is 7.99. The zero-order chi connectivity index (χ0) is 21.2. The van der Waals surface area contributed by atoms with Gasteiger partial charge in [-0.05, 0) is 25.5 Å². The highest BCUT2D eigenvalue weighted by Gasteiger charge is 2.54. The molecule has 2 aromatic carbocycles. The van der Waals surface area contributed by atoms with Gasteiger partial charge in [0.05, 0.1) is 11.4 Å². The second kappa shape index (κ2) is 6.45. The summed E-state index contributed by atoms with van der Waals surface area (Å²) in [6.45, 7) is 4.14. The fraction of sp³-hybridized carbons (Fsp3) is 0.261. The number of urea groups is 1. The van der Waals surface area contributed by atoms with Crippen LogP contribution in [-0.2, 0) is 4.79 Å². The van der Waals surface area contributed by atoms with Gasteiger partial charge in [-0.1, -0.05) is 48.0 Å². The SMILES string of the molecule is Cc1ccc(N2C(c3ccccc3)=CN3C2=NC2C3C(=O)N(C)C(=O)N2C)c(C)c1. The number of fused-ring (bicyclic) bond motifs is 3. The first-order valence-corrected chi connectivity index (χ1v) is 9.93. The van der Waals surface area contributed by atoms with Crippen molar-refractivity contribution in [3.8, 4) is 0 Å². The summed E-state index contributed by atoms with van der Waals surface area (Å²) in [4.78, 5) is 37.0. The van der Waals surface area contributed by atoms with Gasteiger partial charge in [0.1, 0.15) is 0 Å². The van der Waals surface area contributed by atoms with Crippen molar-refractivity contribution in [3.05, 3.63) is 71.4 Å². The number of hydrogen-bond acceptors (Lipinski definition) is 5. The van der Waals surface area contributed by atoms with Crippen molar-refractivity contribution >= 4 is 29.3 Å². The molecule has 2 unspecified atom stereocenters. The average molecular weight is 401 g/mol. The second-order valence-corrected chi connectivity index (χ2v) is 7.99. The van der Waals surface area contributed by atoms with E-state index in [1.54, 1.807) is 7.05 Å². The van der Waals surface area contributed by atoms with Crippen LogP contribution >= 0.6 is 0 Å². The van der Waals surface area contributed by atoms with Crippen LogP contribution in [-0.4, -0.2) is 58.9 Å². The summed E-state index contributed by atoms with van der Waals surface area (Å²) in [6.07, 6.45) is 1.44. The topological polar surface area (TPSA) is 59.5 Å². The van der Waals surface area contributed by atoms with Gasteiger partial charge in [-0.2, -0.15) is 0 Å². The summed E-state index contributed by atoms with van der Waals surface area (Å²) >= 11 is 0. The van der Waals surface area contributed by atoms with Gasteiger partial charge >= 0.3 is 6.03 Å². The van der Waals surface area contributed by atoms with E-state index in [9.17, 15) is 9.59 Å². The summed E-state index contributed by atoms with van der Waals surface area (Å²) < 4.78 is 0. The van der Waals surface area contributed by atoms with Crippen LogP contribution < -0.4 is 4.90 Å². The number of imide groups is 1. The Bertz CT molecular complexity index is 1120. The van der Waals surface area contributed by atoms with E-state index in [1.807, 2.05) is 41.4 Å². The molecular weight excluding hydrogens is 378 g/mol. The van der Waals surface area contributed by atoms with Crippen molar-refractivity contribution in [2.75, 3.05) is 19.0 Å². The van der Waals surface area contributed by atoms with Crippen LogP contribution in [0.25, 0.3) is 5.70 Å². The number of benzene rings is 2. The van der Waals surface area contributed by atoms with E-state index in [4.69, 9.17) is 4.99 Å². The summed E-state index contributed by atoms with van der Waals surface area (Å²) in [7, 11) is 3.22. The molecule has 0 N–H and O–H groups in total. The van der Waals surface area contributed by atoms with Crippen LogP contribution in [0.4, 0.5) is 10.5 Å². The Morgan fingerprint density at radius 1 is 0.967 bits per heavy atom.